The first-order valence-electron chi connectivity index (χ1n) is 6.54. The van der Waals surface area contributed by atoms with E-state index in [4.69, 9.17) is 5.73 Å². The van der Waals surface area contributed by atoms with Crippen LogP contribution in [0.3, 0.4) is 0 Å². The van der Waals surface area contributed by atoms with Crippen molar-refractivity contribution < 1.29 is 4.79 Å². The van der Waals surface area contributed by atoms with Crippen LogP contribution in [0.25, 0.3) is 0 Å². The summed E-state index contributed by atoms with van der Waals surface area (Å²) in [5, 5.41) is 6.78. The Morgan fingerprint density at radius 2 is 1.88 bits per heavy atom. The molecule has 0 aromatic heterocycles. The fourth-order valence-electron chi connectivity index (χ4n) is 1.91. The van der Waals surface area contributed by atoms with Crippen molar-refractivity contribution in [2.75, 3.05) is 6.54 Å². The van der Waals surface area contributed by atoms with Crippen LogP contribution in [0, 0.1) is 0 Å². The van der Waals surface area contributed by atoms with Crippen LogP contribution in [0.4, 0.5) is 0 Å². The van der Waals surface area contributed by atoms with Crippen molar-refractivity contribution in [1.29, 1.82) is 0 Å². The van der Waals surface area contributed by atoms with Gasteiger partial charge in [-0.25, -0.2) is 0 Å². The van der Waals surface area contributed by atoms with Crippen LogP contribution in [0.1, 0.15) is 44.9 Å². The molecular weight excluding hydrogens is 202 g/mol. The molecule has 2 aliphatic carbocycles. The first kappa shape index (κ1) is 11.9. The molecular formula is C12H23N3O. The molecule has 4 heteroatoms. The van der Waals surface area contributed by atoms with E-state index in [1.165, 1.54) is 25.7 Å². The van der Waals surface area contributed by atoms with Crippen molar-refractivity contribution in [3.05, 3.63) is 0 Å². The molecule has 16 heavy (non-hydrogen) atoms. The number of hydrogen-bond acceptors (Lipinski definition) is 3. The minimum atomic E-state index is -0.193. The van der Waals surface area contributed by atoms with E-state index in [9.17, 15) is 4.79 Å². The highest BCUT2D eigenvalue weighted by Gasteiger charge is 2.26. The zero-order valence-electron chi connectivity index (χ0n) is 9.87. The SMILES string of the molecule is NC(=O)[C@H](CCCCNC1CC1)NC1CC1. The highest BCUT2D eigenvalue weighted by atomic mass is 16.1. The van der Waals surface area contributed by atoms with Crippen molar-refractivity contribution in [2.45, 2.75) is 63.1 Å². The molecule has 2 aliphatic rings. The Morgan fingerprint density at radius 1 is 1.19 bits per heavy atom. The average molecular weight is 225 g/mol. The molecule has 1 atom stereocenters. The van der Waals surface area contributed by atoms with Gasteiger partial charge in [0.1, 0.15) is 0 Å². The lowest BCUT2D eigenvalue weighted by molar-refractivity contribution is -0.120. The van der Waals surface area contributed by atoms with Crippen LogP contribution in [0.5, 0.6) is 0 Å². The van der Waals surface area contributed by atoms with Crippen molar-refractivity contribution in [3.8, 4) is 0 Å². The second-order valence-electron chi connectivity index (χ2n) is 5.12. The second-order valence-corrected chi connectivity index (χ2v) is 5.12. The van der Waals surface area contributed by atoms with Crippen LogP contribution in [0.15, 0.2) is 0 Å². The van der Waals surface area contributed by atoms with E-state index in [-0.39, 0.29) is 11.9 Å². The van der Waals surface area contributed by atoms with E-state index < -0.39 is 0 Å². The third-order valence-corrected chi connectivity index (χ3v) is 3.29. The lowest BCUT2D eigenvalue weighted by Crippen LogP contribution is -2.42. The third-order valence-electron chi connectivity index (χ3n) is 3.29. The van der Waals surface area contributed by atoms with Gasteiger partial charge in [0.2, 0.25) is 5.91 Å². The van der Waals surface area contributed by atoms with Gasteiger partial charge >= 0.3 is 0 Å². The Bertz CT molecular complexity index is 236. The predicted octanol–water partition coefficient (Wildman–Crippen LogP) is 0.515. The first-order valence-corrected chi connectivity index (χ1v) is 6.54. The summed E-state index contributed by atoms with van der Waals surface area (Å²) in [6.07, 6.45) is 8.19. The zero-order chi connectivity index (χ0) is 11.4. The van der Waals surface area contributed by atoms with E-state index in [0.717, 1.165) is 31.8 Å². The van der Waals surface area contributed by atoms with Crippen molar-refractivity contribution in [1.82, 2.24) is 10.6 Å². The Balaban J connectivity index is 1.51. The fraction of sp³-hybridized carbons (Fsp3) is 0.917. The number of carbonyl (C=O) groups excluding carboxylic acids is 1. The summed E-state index contributed by atoms with van der Waals surface area (Å²) in [6, 6.07) is 1.24. The molecule has 0 saturated heterocycles. The molecule has 2 saturated carbocycles. The Labute approximate surface area is 97.3 Å². The monoisotopic (exact) mass is 225 g/mol. The smallest absolute Gasteiger partial charge is 0.234 e. The Kier molecular flexibility index (Phi) is 4.18. The fourth-order valence-corrected chi connectivity index (χ4v) is 1.91. The molecule has 0 heterocycles. The summed E-state index contributed by atoms with van der Waals surface area (Å²) in [5.41, 5.74) is 5.37. The van der Waals surface area contributed by atoms with Crippen LogP contribution in [-0.4, -0.2) is 30.6 Å². The minimum absolute atomic E-state index is 0.103. The van der Waals surface area contributed by atoms with Crippen LogP contribution < -0.4 is 16.4 Å². The summed E-state index contributed by atoms with van der Waals surface area (Å²) >= 11 is 0. The van der Waals surface area contributed by atoms with Gasteiger partial charge in [0, 0.05) is 12.1 Å². The molecule has 0 radical (unpaired) electrons. The second kappa shape index (κ2) is 5.64. The maximum Gasteiger partial charge on any atom is 0.234 e. The van der Waals surface area contributed by atoms with Crippen molar-refractivity contribution >= 4 is 5.91 Å². The quantitative estimate of drug-likeness (QED) is 0.501. The molecule has 4 N–H and O–H groups in total. The lowest BCUT2D eigenvalue weighted by atomic mass is 10.1. The van der Waals surface area contributed by atoms with Gasteiger partial charge in [0.15, 0.2) is 0 Å². The van der Waals surface area contributed by atoms with Gasteiger partial charge in [0.25, 0.3) is 0 Å². The standard InChI is InChI=1S/C12H23N3O/c13-12(16)11(15-10-6-7-10)3-1-2-8-14-9-4-5-9/h9-11,14-15H,1-8H2,(H2,13,16)/t11-/m0/s1. The molecule has 0 spiro atoms. The van der Waals surface area contributed by atoms with E-state index in [1.54, 1.807) is 0 Å². The summed E-state index contributed by atoms with van der Waals surface area (Å²) in [4.78, 5) is 11.2. The van der Waals surface area contributed by atoms with Crippen LogP contribution in [-0.2, 0) is 4.79 Å². The topological polar surface area (TPSA) is 67.2 Å². The van der Waals surface area contributed by atoms with Crippen LogP contribution in [0.2, 0.25) is 0 Å². The van der Waals surface area contributed by atoms with E-state index in [1.807, 2.05) is 0 Å². The number of carbonyl (C=O) groups is 1. The van der Waals surface area contributed by atoms with Gasteiger partial charge in [-0.1, -0.05) is 6.42 Å². The Hall–Kier alpha value is -0.610. The molecule has 4 nitrogen and oxygen atoms in total. The molecule has 2 fully saturated rings. The summed E-state index contributed by atoms with van der Waals surface area (Å²) < 4.78 is 0. The number of primary amides is 1. The van der Waals surface area contributed by atoms with E-state index in [0.29, 0.717) is 6.04 Å². The molecule has 1 amide bonds. The van der Waals surface area contributed by atoms with Gasteiger partial charge in [0.05, 0.1) is 6.04 Å². The van der Waals surface area contributed by atoms with E-state index in [2.05, 4.69) is 10.6 Å². The Morgan fingerprint density at radius 3 is 2.44 bits per heavy atom. The number of nitrogens with one attached hydrogen (secondary N) is 2. The highest BCUT2D eigenvalue weighted by Crippen LogP contribution is 2.20. The first-order chi connectivity index (χ1) is 7.75. The van der Waals surface area contributed by atoms with E-state index >= 15 is 0 Å². The number of nitrogens with two attached hydrogens (primary N) is 1. The molecule has 92 valence electrons. The number of amides is 1. The molecule has 0 aromatic rings. The van der Waals surface area contributed by atoms with Gasteiger partial charge in [-0.2, -0.15) is 0 Å². The van der Waals surface area contributed by atoms with Crippen molar-refractivity contribution in [3.63, 3.8) is 0 Å². The lowest BCUT2D eigenvalue weighted by Gasteiger charge is -2.14. The summed E-state index contributed by atoms with van der Waals surface area (Å²) in [7, 11) is 0. The highest BCUT2D eigenvalue weighted by molar-refractivity contribution is 5.79. The van der Waals surface area contributed by atoms with Crippen molar-refractivity contribution in [2.24, 2.45) is 5.73 Å². The zero-order valence-corrected chi connectivity index (χ0v) is 9.87. The normalized spacial score (nSPS) is 22.0. The maximum atomic E-state index is 11.2. The maximum absolute atomic E-state index is 11.2. The van der Waals surface area contributed by atoms with Gasteiger partial charge < -0.3 is 16.4 Å². The van der Waals surface area contributed by atoms with Gasteiger partial charge in [-0.15, -0.1) is 0 Å². The molecule has 2 rings (SSSR count). The predicted molar refractivity (Wildman–Crippen MR) is 64.0 cm³/mol. The summed E-state index contributed by atoms with van der Waals surface area (Å²) in [5.74, 6) is -0.193. The number of hydrogen-bond donors (Lipinski definition) is 3. The van der Waals surface area contributed by atoms with Gasteiger partial charge in [-0.05, 0) is 45.1 Å². The summed E-state index contributed by atoms with van der Waals surface area (Å²) in [6.45, 7) is 1.08. The number of rotatable bonds is 9. The average Bonchev–Trinajstić information content (AvgIpc) is 3.10. The van der Waals surface area contributed by atoms with Crippen LogP contribution >= 0.6 is 0 Å². The molecule has 0 aliphatic heterocycles. The minimum Gasteiger partial charge on any atom is -0.368 e. The molecule has 0 unspecified atom stereocenters. The number of unbranched alkanes of at least 4 members (excludes halogenated alkanes) is 1. The third kappa shape index (κ3) is 4.49. The van der Waals surface area contributed by atoms with Gasteiger partial charge in [-0.3, -0.25) is 4.79 Å². The molecule has 0 aromatic carbocycles. The largest absolute Gasteiger partial charge is 0.368 e. The molecule has 0 bridgehead atoms.